The zero-order valence-electron chi connectivity index (χ0n) is 10.7. The van der Waals surface area contributed by atoms with Gasteiger partial charge < -0.3 is 9.52 Å². The van der Waals surface area contributed by atoms with Crippen LogP contribution in [0.15, 0.2) is 53.1 Å². The predicted octanol–water partition coefficient (Wildman–Crippen LogP) is 2.86. The van der Waals surface area contributed by atoms with Crippen LogP contribution < -0.4 is 0 Å². The van der Waals surface area contributed by atoms with Crippen molar-refractivity contribution in [1.29, 1.82) is 0 Å². The number of hydrogen-bond donors (Lipinski definition) is 1. The van der Waals surface area contributed by atoms with Gasteiger partial charge in [0.15, 0.2) is 5.58 Å². The lowest BCUT2D eigenvalue weighted by Crippen LogP contribution is -1.95. The maximum absolute atomic E-state index is 11.0. The van der Waals surface area contributed by atoms with E-state index < -0.39 is 5.97 Å². The van der Waals surface area contributed by atoms with Gasteiger partial charge in [-0.25, -0.2) is 4.79 Å². The molecule has 4 rings (SSSR count). The van der Waals surface area contributed by atoms with E-state index in [9.17, 15) is 4.79 Å². The Hall–Kier alpha value is -3.15. The van der Waals surface area contributed by atoms with Crippen molar-refractivity contribution >= 4 is 28.0 Å². The van der Waals surface area contributed by atoms with Crippen molar-refractivity contribution in [3.05, 3.63) is 54.2 Å². The monoisotopic (exact) mass is 279 g/mol. The quantitative estimate of drug-likeness (QED) is 0.610. The Morgan fingerprint density at radius 1 is 1.19 bits per heavy atom. The lowest BCUT2D eigenvalue weighted by molar-refractivity contribution is 0.0697. The van der Waals surface area contributed by atoms with E-state index in [1.54, 1.807) is 16.9 Å². The number of hydrogen-bond acceptors (Lipinski definition) is 4. The molecule has 0 atom stereocenters. The standard InChI is InChI=1S/C15H9N3O3/c19-14(20)9-5-6-11-13(7-9)21-15(17-11)18-12-4-2-1-3-10(12)8-16-18/h1-8H,(H,19,20). The molecule has 0 spiro atoms. The molecule has 2 aromatic carbocycles. The second kappa shape index (κ2) is 4.17. The summed E-state index contributed by atoms with van der Waals surface area (Å²) in [4.78, 5) is 15.3. The third-order valence-corrected chi connectivity index (χ3v) is 3.28. The van der Waals surface area contributed by atoms with Gasteiger partial charge in [-0.1, -0.05) is 18.2 Å². The molecule has 102 valence electrons. The lowest BCUT2D eigenvalue weighted by Gasteiger charge is -1.95. The van der Waals surface area contributed by atoms with Crippen LogP contribution in [0.2, 0.25) is 0 Å². The van der Waals surface area contributed by atoms with Gasteiger partial charge >= 0.3 is 12.0 Å². The number of carboxylic acid groups (broad SMARTS) is 1. The molecular formula is C15H9N3O3. The summed E-state index contributed by atoms with van der Waals surface area (Å²) in [5.74, 6) is -1.00. The number of fused-ring (bicyclic) bond motifs is 2. The van der Waals surface area contributed by atoms with Crippen molar-refractivity contribution in [2.24, 2.45) is 0 Å². The highest BCUT2D eigenvalue weighted by atomic mass is 16.4. The number of nitrogens with zero attached hydrogens (tertiary/aromatic N) is 3. The average Bonchev–Trinajstić information content (AvgIpc) is 3.09. The van der Waals surface area contributed by atoms with E-state index in [1.807, 2.05) is 24.3 Å². The first kappa shape index (κ1) is 11.7. The molecule has 0 aliphatic rings. The zero-order valence-corrected chi connectivity index (χ0v) is 10.7. The third-order valence-electron chi connectivity index (χ3n) is 3.28. The number of aromatic carboxylic acids is 1. The van der Waals surface area contributed by atoms with E-state index in [0.29, 0.717) is 17.1 Å². The summed E-state index contributed by atoms with van der Waals surface area (Å²) in [6.07, 6.45) is 1.73. The van der Waals surface area contributed by atoms with Gasteiger partial charge in [0.25, 0.3) is 0 Å². The van der Waals surface area contributed by atoms with E-state index in [2.05, 4.69) is 10.1 Å². The minimum atomic E-state index is -1.00. The smallest absolute Gasteiger partial charge is 0.335 e. The highest BCUT2D eigenvalue weighted by Gasteiger charge is 2.13. The summed E-state index contributed by atoms with van der Waals surface area (Å²) >= 11 is 0. The Morgan fingerprint density at radius 2 is 2.05 bits per heavy atom. The molecule has 0 unspecified atom stereocenters. The van der Waals surface area contributed by atoms with Crippen LogP contribution >= 0.6 is 0 Å². The molecule has 6 nitrogen and oxygen atoms in total. The summed E-state index contributed by atoms with van der Waals surface area (Å²) in [5, 5.41) is 14.2. The summed E-state index contributed by atoms with van der Waals surface area (Å²) in [7, 11) is 0. The Labute approximate surface area is 118 Å². The van der Waals surface area contributed by atoms with Gasteiger partial charge in [-0.3, -0.25) is 0 Å². The van der Waals surface area contributed by atoms with Crippen molar-refractivity contribution in [3.63, 3.8) is 0 Å². The number of carboxylic acids is 1. The SMILES string of the molecule is O=C(O)c1ccc2nc(-n3ncc4ccccc43)oc2c1. The van der Waals surface area contributed by atoms with Crippen molar-refractivity contribution in [1.82, 2.24) is 14.8 Å². The maximum Gasteiger partial charge on any atom is 0.335 e. The van der Waals surface area contributed by atoms with Crippen LogP contribution in [0.25, 0.3) is 28.0 Å². The molecule has 2 aromatic heterocycles. The maximum atomic E-state index is 11.0. The largest absolute Gasteiger partial charge is 0.478 e. The fourth-order valence-corrected chi connectivity index (χ4v) is 2.26. The minimum Gasteiger partial charge on any atom is -0.478 e. The molecule has 0 bridgehead atoms. The Bertz CT molecular complexity index is 984. The Balaban J connectivity index is 1.92. The van der Waals surface area contributed by atoms with Gasteiger partial charge in [-0.05, 0) is 24.3 Å². The predicted molar refractivity (Wildman–Crippen MR) is 75.6 cm³/mol. The first-order chi connectivity index (χ1) is 10.2. The first-order valence-corrected chi connectivity index (χ1v) is 6.29. The summed E-state index contributed by atoms with van der Waals surface area (Å²) in [6.45, 7) is 0. The van der Waals surface area contributed by atoms with E-state index in [0.717, 1.165) is 10.9 Å². The summed E-state index contributed by atoms with van der Waals surface area (Å²) in [5.41, 5.74) is 2.05. The van der Waals surface area contributed by atoms with Crippen molar-refractivity contribution in [2.75, 3.05) is 0 Å². The van der Waals surface area contributed by atoms with E-state index in [1.165, 1.54) is 12.1 Å². The third kappa shape index (κ3) is 1.77. The topological polar surface area (TPSA) is 81.1 Å². The first-order valence-electron chi connectivity index (χ1n) is 6.29. The lowest BCUT2D eigenvalue weighted by atomic mass is 10.2. The Kier molecular flexibility index (Phi) is 2.32. The van der Waals surface area contributed by atoms with E-state index in [-0.39, 0.29) is 5.56 Å². The van der Waals surface area contributed by atoms with E-state index in [4.69, 9.17) is 9.52 Å². The van der Waals surface area contributed by atoms with Crippen LogP contribution in [-0.2, 0) is 0 Å². The van der Waals surface area contributed by atoms with Crippen LogP contribution in [-0.4, -0.2) is 25.8 Å². The Morgan fingerprint density at radius 3 is 2.90 bits per heavy atom. The van der Waals surface area contributed by atoms with Gasteiger partial charge in [0, 0.05) is 5.39 Å². The molecule has 2 heterocycles. The second-order valence-corrected chi connectivity index (χ2v) is 4.60. The van der Waals surface area contributed by atoms with Crippen molar-refractivity contribution in [2.45, 2.75) is 0 Å². The molecule has 6 heteroatoms. The number of para-hydroxylation sites is 1. The van der Waals surface area contributed by atoms with Gasteiger partial charge in [0.2, 0.25) is 0 Å². The number of oxazole rings is 1. The van der Waals surface area contributed by atoms with Crippen LogP contribution in [0.5, 0.6) is 0 Å². The average molecular weight is 279 g/mol. The summed E-state index contributed by atoms with van der Waals surface area (Å²) in [6, 6.07) is 12.6. The normalized spacial score (nSPS) is 11.2. The van der Waals surface area contributed by atoms with Crippen LogP contribution in [0.3, 0.4) is 0 Å². The van der Waals surface area contributed by atoms with Crippen molar-refractivity contribution in [3.8, 4) is 6.01 Å². The summed E-state index contributed by atoms with van der Waals surface area (Å²) < 4.78 is 7.23. The van der Waals surface area contributed by atoms with Gasteiger partial charge in [-0.2, -0.15) is 14.8 Å². The fraction of sp³-hybridized carbons (Fsp3) is 0. The van der Waals surface area contributed by atoms with Gasteiger partial charge in [0.1, 0.15) is 5.52 Å². The van der Waals surface area contributed by atoms with Crippen molar-refractivity contribution < 1.29 is 14.3 Å². The fourth-order valence-electron chi connectivity index (χ4n) is 2.26. The number of rotatable bonds is 2. The van der Waals surface area contributed by atoms with Gasteiger partial charge in [0.05, 0.1) is 17.3 Å². The molecule has 0 radical (unpaired) electrons. The molecule has 0 fully saturated rings. The molecule has 21 heavy (non-hydrogen) atoms. The molecule has 1 N–H and O–H groups in total. The molecule has 0 aliphatic heterocycles. The molecular weight excluding hydrogens is 270 g/mol. The van der Waals surface area contributed by atoms with E-state index >= 15 is 0 Å². The number of aromatic nitrogens is 3. The minimum absolute atomic E-state index is 0.163. The molecule has 4 aromatic rings. The second-order valence-electron chi connectivity index (χ2n) is 4.60. The highest BCUT2D eigenvalue weighted by molar-refractivity contribution is 5.92. The number of carbonyl (C=O) groups is 1. The van der Waals surface area contributed by atoms with Crippen LogP contribution in [0, 0.1) is 0 Å². The molecule has 0 saturated heterocycles. The molecule has 0 aliphatic carbocycles. The van der Waals surface area contributed by atoms with Crippen LogP contribution in [0.1, 0.15) is 10.4 Å². The molecule has 0 saturated carbocycles. The van der Waals surface area contributed by atoms with Crippen LogP contribution in [0.4, 0.5) is 0 Å². The van der Waals surface area contributed by atoms with Gasteiger partial charge in [-0.15, -0.1) is 0 Å². The zero-order chi connectivity index (χ0) is 14.4. The number of benzene rings is 2. The molecule has 0 amide bonds. The highest BCUT2D eigenvalue weighted by Crippen LogP contribution is 2.22.